The molecule has 3 nitrogen and oxygen atoms in total. The second kappa shape index (κ2) is 5.41. The number of piperidine rings is 1. The van der Waals surface area contributed by atoms with E-state index in [-0.39, 0.29) is 5.91 Å². The zero-order chi connectivity index (χ0) is 14.1. The minimum absolute atomic E-state index is 0.0669. The second-order valence-electron chi connectivity index (χ2n) is 5.48. The molecule has 1 aromatic carbocycles. The predicted molar refractivity (Wildman–Crippen MR) is 81.1 cm³/mol. The van der Waals surface area contributed by atoms with Crippen molar-refractivity contribution in [3.8, 4) is 0 Å². The third-order valence-electron chi connectivity index (χ3n) is 4.05. The number of aromatic nitrogens is 1. The summed E-state index contributed by atoms with van der Waals surface area (Å²) in [6, 6.07) is 7.67. The number of halogens is 1. The summed E-state index contributed by atoms with van der Waals surface area (Å²) in [6.07, 6.45) is 3.75. The number of hydrogen-bond acceptors (Lipinski definition) is 2. The van der Waals surface area contributed by atoms with Crippen molar-refractivity contribution in [2.24, 2.45) is 5.92 Å². The van der Waals surface area contributed by atoms with Gasteiger partial charge in [-0.1, -0.05) is 42.8 Å². The molecule has 0 atom stereocenters. The Morgan fingerprint density at radius 1 is 1.25 bits per heavy atom. The molecule has 104 valence electrons. The Hall–Kier alpha value is -1.61. The van der Waals surface area contributed by atoms with Crippen LogP contribution in [0.15, 0.2) is 30.5 Å². The van der Waals surface area contributed by atoms with E-state index in [0.717, 1.165) is 36.7 Å². The summed E-state index contributed by atoms with van der Waals surface area (Å²) >= 11 is 6.10. The van der Waals surface area contributed by atoms with Gasteiger partial charge in [-0.15, -0.1) is 0 Å². The summed E-state index contributed by atoms with van der Waals surface area (Å²) in [5.41, 5.74) is 0.652. The molecule has 0 radical (unpaired) electrons. The lowest BCUT2D eigenvalue weighted by atomic mass is 9.98. The van der Waals surface area contributed by atoms with Crippen molar-refractivity contribution in [3.63, 3.8) is 0 Å². The summed E-state index contributed by atoms with van der Waals surface area (Å²) in [5.74, 6) is 0.774. The number of fused-ring (bicyclic) bond motifs is 1. The van der Waals surface area contributed by atoms with Crippen LogP contribution in [-0.2, 0) is 0 Å². The van der Waals surface area contributed by atoms with E-state index in [1.165, 1.54) is 0 Å². The molecule has 1 aliphatic heterocycles. The summed E-state index contributed by atoms with van der Waals surface area (Å²) in [7, 11) is 0. The fraction of sp³-hybridized carbons (Fsp3) is 0.375. The summed E-state index contributed by atoms with van der Waals surface area (Å²) in [6.45, 7) is 3.90. The summed E-state index contributed by atoms with van der Waals surface area (Å²) in [5, 5.41) is 2.17. The first-order chi connectivity index (χ1) is 9.66. The van der Waals surface area contributed by atoms with E-state index in [4.69, 9.17) is 11.6 Å². The SMILES string of the molecule is CC1CCN(C(=O)c2cnc(Cl)c3ccccc23)CC1. The average molecular weight is 289 g/mol. The zero-order valence-electron chi connectivity index (χ0n) is 11.5. The topological polar surface area (TPSA) is 33.2 Å². The van der Waals surface area contributed by atoms with Gasteiger partial charge in [-0.2, -0.15) is 0 Å². The largest absolute Gasteiger partial charge is 0.339 e. The summed E-state index contributed by atoms with van der Waals surface area (Å²) in [4.78, 5) is 18.8. The van der Waals surface area contributed by atoms with Crippen LogP contribution in [0.5, 0.6) is 0 Å². The minimum atomic E-state index is 0.0669. The fourth-order valence-electron chi connectivity index (χ4n) is 2.71. The van der Waals surface area contributed by atoms with Gasteiger partial charge in [-0.3, -0.25) is 4.79 Å². The molecule has 2 aromatic rings. The lowest BCUT2D eigenvalue weighted by molar-refractivity contribution is 0.0699. The van der Waals surface area contributed by atoms with Crippen molar-refractivity contribution in [2.75, 3.05) is 13.1 Å². The van der Waals surface area contributed by atoms with Crippen LogP contribution in [0.25, 0.3) is 10.8 Å². The monoisotopic (exact) mass is 288 g/mol. The van der Waals surface area contributed by atoms with Crippen LogP contribution in [0.4, 0.5) is 0 Å². The van der Waals surface area contributed by atoms with Gasteiger partial charge >= 0.3 is 0 Å². The lowest BCUT2D eigenvalue weighted by Gasteiger charge is -2.30. The molecule has 4 heteroatoms. The summed E-state index contributed by atoms with van der Waals surface area (Å²) < 4.78 is 0. The molecule has 2 heterocycles. The molecule has 0 unspecified atom stereocenters. The number of hydrogen-bond donors (Lipinski definition) is 0. The Kier molecular flexibility index (Phi) is 3.62. The highest BCUT2D eigenvalue weighted by atomic mass is 35.5. The van der Waals surface area contributed by atoms with E-state index in [1.807, 2.05) is 29.2 Å². The van der Waals surface area contributed by atoms with Crippen molar-refractivity contribution < 1.29 is 4.79 Å². The number of rotatable bonds is 1. The highest BCUT2D eigenvalue weighted by Gasteiger charge is 2.23. The molecule has 0 spiro atoms. The molecule has 3 rings (SSSR count). The second-order valence-corrected chi connectivity index (χ2v) is 5.84. The molecule has 0 saturated carbocycles. The van der Waals surface area contributed by atoms with E-state index in [2.05, 4.69) is 11.9 Å². The van der Waals surface area contributed by atoms with Crippen LogP contribution in [0.1, 0.15) is 30.1 Å². The first-order valence-corrected chi connectivity index (χ1v) is 7.37. The number of benzene rings is 1. The molecular weight excluding hydrogens is 272 g/mol. The van der Waals surface area contributed by atoms with Crippen molar-refractivity contribution in [2.45, 2.75) is 19.8 Å². The Balaban J connectivity index is 1.98. The lowest BCUT2D eigenvalue weighted by Crippen LogP contribution is -2.38. The Labute approximate surface area is 123 Å². The number of pyridine rings is 1. The standard InChI is InChI=1S/C16H17ClN2O/c1-11-6-8-19(9-7-11)16(20)14-10-18-15(17)13-5-3-2-4-12(13)14/h2-5,10-11H,6-9H2,1H3. The number of carbonyl (C=O) groups is 1. The van der Waals surface area contributed by atoms with Gasteiger partial charge in [0.1, 0.15) is 5.15 Å². The Morgan fingerprint density at radius 3 is 2.60 bits per heavy atom. The highest BCUT2D eigenvalue weighted by molar-refractivity contribution is 6.34. The van der Waals surface area contributed by atoms with Crippen molar-refractivity contribution in [1.29, 1.82) is 0 Å². The van der Waals surface area contributed by atoms with Crippen LogP contribution >= 0.6 is 11.6 Å². The Morgan fingerprint density at radius 2 is 1.90 bits per heavy atom. The van der Waals surface area contributed by atoms with Crippen LogP contribution in [0, 0.1) is 5.92 Å². The molecular formula is C16H17ClN2O. The molecule has 1 aliphatic rings. The van der Waals surface area contributed by atoms with Crippen molar-refractivity contribution in [1.82, 2.24) is 9.88 Å². The van der Waals surface area contributed by atoms with E-state index in [1.54, 1.807) is 6.20 Å². The first kappa shape index (κ1) is 13.4. The van der Waals surface area contributed by atoms with Gasteiger partial charge in [0, 0.05) is 24.7 Å². The van der Waals surface area contributed by atoms with Gasteiger partial charge in [-0.05, 0) is 24.1 Å². The van der Waals surface area contributed by atoms with Gasteiger partial charge in [-0.25, -0.2) is 4.98 Å². The molecule has 1 amide bonds. The third kappa shape index (κ3) is 2.38. The molecule has 1 aromatic heterocycles. The van der Waals surface area contributed by atoms with Crippen molar-refractivity contribution in [3.05, 3.63) is 41.2 Å². The van der Waals surface area contributed by atoms with Crippen molar-refractivity contribution >= 4 is 28.3 Å². The fourth-order valence-corrected chi connectivity index (χ4v) is 2.92. The maximum Gasteiger partial charge on any atom is 0.256 e. The van der Waals surface area contributed by atoms with Gasteiger partial charge in [0.15, 0.2) is 0 Å². The zero-order valence-corrected chi connectivity index (χ0v) is 12.2. The predicted octanol–water partition coefficient (Wildman–Crippen LogP) is 3.76. The van der Waals surface area contributed by atoms with E-state index < -0.39 is 0 Å². The van der Waals surface area contributed by atoms with Gasteiger partial charge in [0.2, 0.25) is 0 Å². The average Bonchev–Trinajstić information content (AvgIpc) is 2.48. The van der Waals surface area contributed by atoms with Crippen LogP contribution in [0.2, 0.25) is 5.15 Å². The van der Waals surface area contributed by atoms with Crippen LogP contribution < -0.4 is 0 Å². The van der Waals surface area contributed by atoms with Gasteiger partial charge in [0.25, 0.3) is 5.91 Å². The van der Waals surface area contributed by atoms with Gasteiger partial charge < -0.3 is 4.90 Å². The highest BCUT2D eigenvalue weighted by Crippen LogP contribution is 2.26. The molecule has 0 N–H and O–H groups in total. The number of amides is 1. The van der Waals surface area contributed by atoms with Crippen LogP contribution in [0.3, 0.4) is 0 Å². The normalized spacial score (nSPS) is 16.6. The first-order valence-electron chi connectivity index (χ1n) is 6.99. The Bertz CT molecular complexity index is 648. The maximum absolute atomic E-state index is 12.7. The molecule has 1 fully saturated rings. The molecule has 0 aliphatic carbocycles. The third-order valence-corrected chi connectivity index (χ3v) is 4.35. The van der Waals surface area contributed by atoms with E-state index in [0.29, 0.717) is 16.6 Å². The molecule has 0 bridgehead atoms. The number of likely N-dealkylation sites (tertiary alicyclic amines) is 1. The quantitative estimate of drug-likeness (QED) is 0.749. The van der Waals surface area contributed by atoms with Crippen LogP contribution in [-0.4, -0.2) is 28.9 Å². The minimum Gasteiger partial charge on any atom is -0.339 e. The number of nitrogens with zero attached hydrogens (tertiary/aromatic N) is 2. The molecule has 1 saturated heterocycles. The van der Waals surface area contributed by atoms with E-state index in [9.17, 15) is 4.79 Å². The molecule has 20 heavy (non-hydrogen) atoms. The van der Waals surface area contributed by atoms with Gasteiger partial charge in [0.05, 0.1) is 5.56 Å². The number of carbonyl (C=O) groups excluding carboxylic acids is 1. The maximum atomic E-state index is 12.7. The smallest absolute Gasteiger partial charge is 0.256 e. The van der Waals surface area contributed by atoms with E-state index >= 15 is 0 Å².